The molecular formula is C10H10F4N2O. The van der Waals surface area contributed by atoms with E-state index < -0.39 is 29.2 Å². The number of rotatable bonds is 2. The molecule has 1 aliphatic rings. The van der Waals surface area contributed by atoms with Crippen molar-refractivity contribution >= 4 is 5.69 Å². The maximum Gasteiger partial charge on any atom is 0.253 e. The predicted octanol–water partition coefficient (Wildman–Crippen LogP) is 2.23. The molecule has 0 unspecified atom stereocenters. The summed E-state index contributed by atoms with van der Waals surface area (Å²) >= 11 is 0. The highest BCUT2D eigenvalue weighted by Gasteiger charge is 2.23. The molecule has 0 radical (unpaired) electrons. The predicted molar refractivity (Wildman–Crippen MR) is 51.5 cm³/mol. The zero-order valence-corrected chi connectivity index (χ0v) is 8.77. The molecular weight excluding hydrogens is 240 g/mol. The molecule has 7 heteroatoms. The molecule has 2 rings (SSSR count). The fraction of sp³-hybridized carbons (Fsp3) is 0.500. The lowest BCUT2D eigenvalue weighted by Crippen LogP contribution is -2.29. The third-order valence-corrected chi connectivity index (χ3v) is 2.57. The fourth-order valence-corrected chi connectivity index (χ4v) is 1.66. The molecule has 2 heterocycles. The number of nitrogens with zero attached hydrogens (tertiary/aromatic N) is 1. The van der Waals surface area contributed by atoms with Crippen LogP contribution in [0.25, 0.3) is 0 Å². The van der Waals surface area contributed by atoms with E-state index in [2.05, 4.69) is 10.3 Å². The van der Waals surface area contributed by atoms with Crippen molar-refractivity contribution < 1.29 is 22.3 Å². The summed E-state index contributed by atoms with van der Waals surface area (Å²) in [6, 6.07) is -0.269. The zero-order chi connectivity index (χ0) is 12.4. The van der Waals surface area contributed by atoms with Gasteiger partial charge < -0.3 is 10.1 Å². The topological polar surface area (TPSA) is 34.2 Å². The number of hydrogen-bond donors (Lipinski definition) is 1. The maximum absolute atomic E-state index is 13.3. The fourth-order valence-electron chi connectivity index (χ4n) is 1.66. The van der Waals surface area contributed by atoms with Gasteiger partial charge in [0.2, 0.25) is 11.6 Å². The van der Waals surface area contributed by atoms with Gasteiger partial charge in [-0.25, -0.2) is 0 Å². The van der Waals surface area contributed by atoms with Gasteiger partial charge in [-0.1, -0.05) is 0 Å². The molecule has 1 aliphatic heterocycles. The monoisotopic (exact) mass is 250 g/mol. The second-order valence-corrected chi connectivity index (χ2v) is 3.73. The van der Waals surface area contributed by atoms with Gasteiger partial charge in [0.25, 0.3) is 11.9 Å². The molecule has 1 fully saturated rings. The van der Waals surface area contributed by atoms with Crippen molar-refractivity contribution in [2.75, 3.05) is 18.5 Å². The van der Waals surface area contributed by atoms with E-state index in [0.29, 0.717) is 26.1 Å². The summed E-state index contributed by atoms with van der Waals surface area (Å²) in [4.78, 5) is 2.48. The van der Waals surface area contributed by atoms with E-state index in [1.54, 1.807) is 0 Å². The first kappa shape index (κ1) is 12.1. The Morgan fingerprint density at radius 1 is 1.00 bits per heavy atom. The van der Waals surface area contributed by atoms with Gasteiger partial charge in [-0.05, 0) is 12.8 Å². The van der Waals surface area contributed by atoms with Crippen LogP contribution in [0, 0.1) is 23.5 Å². The number of nitrogens with one attached hydrogen (secondary N) is 1. The van der Waals surface area contributed by atoms with Crippen LogP contribution in [0.5, 0.6) is 0 Å². The first-order valence-electron chi connectivity index (χ1n) is 5.14. The normalized spacial score (nSPS) is 17.2. The highest BCUT2D eigenvalue weighted by Crippen LogP contribution is 2.24. The van der Waals surface area contributed by atoms with Gasteiger partial charge in [0.15, 0.2) is 0 Å². The van der Waals surface area contributed by atoms with Crippen molar-refractivity contribution in [3.63, 3.8) is 0 Å². The van der Waals surface area contributed by atoms with E-state index in [1.807, 2.05) is 0 Å². The Balaban J connectivity index is 2.24. The third kappa shape index (κ3) is 2.49. The lowest BCUT2D eigenvalue weighted by atomic mass is 10.1. The summed E-state index contributed by atoms with van der Waals surface area (Å²) in [7, 11) is 0. The molecule has 1 aromatic rings. The van der Waals surface area contributed by atoms with Gasteiger partial charge in [-0.3, -0.25) is 0 Å². The first-order valence-corrected chi connectivity index (χ1v) is 5.14. The zero-order valence-electron chi connectivity index (χ0n) is 8.77. The molecule has 1 N–H and O–H groups in total. The summed E-state index contributed by atoms with van der Waals surface area (Å²) in [5, 5.41) is 2.45. The number of aromatic nitrogens is 1. The maximum atomic E-state index is 13.3. The molecule has 0 spiro atoms. The lowest BCUT2D eigenvalue weighted by molar-refractivity contribution is 0.0902. The summed E-state index contributed by atoms with van der Waals surface area (Å²) < 4.78 is 57.2. The van der Waals surface area contributed by atoms with Crippen LogP contribution in [0.2, 0.25) is 0 Å². The van der Waals surface area contributed by atoms with E-state index in [-0.39, 0.29) is 6.04 Å². The Bertz CT molecular complexity index is 395. The molecule has 17 heavy (non-hydrogen) atoms. The van der Waals surface area contributed by atoms with Crippen molar-refractivity contribution in [1.29, 1.82) is 0 Å². The standard InChI is InChI=1S/C10H10F4N2O/c11-6-8(7(12)10(14)16-9(6)13)15-5-1-3-17-4-2-5/h5H,1-4H2,(H,15,16). The molecule has 1 saturated heterocycles. The highest BCUT2D eigenvalue weighted by molar-refractivity contribution is 5.46. The van der Waals surface area contributed by atoms with Crippen LogP contribution >= 0.6 is 0 Å². The third-order valence-electron chi connectivity index (χ3n) is 2.57. The molecule has 1 aromatic heterocycles. The van der Waals surface area contributed by atoms with E-state index in [0.717, 1.165) is 0 Å². The second kappa shape index (κ2) is 4.87. The van der Waals surface area contributed by atoms with Crippen LogP contribution < -0.4 is 5.32 Å². The number of halogens is 4. The Labute approximate surface area is 94.8 Å². The van der Waals surface area contributed by atoms with E-state index in [4.69, 9.17) is 4.74 Å². The van der Waals surface area contributed by atoms with Gasteiger partial charge in [0.05, 0.1) is 0 Å². The number of ether oxygens (including phenoxy) is 1. The lowest BCUT2D eigenvalue weighted by Gasteiger charge is -2.24. The largest absolute Gasteiger partial charge is 0.381 e. The van der Waals surface area contributed by atoms with Crippen LogP contribution in [0.3, 0.4) is 0 Å². The Morgan fingerprint density at radius 2 is 1.53 bits per heavy atom. The van der Waals surface area contributed by atoms with Crippen LogP contribution in [0.1, 0.15) is 12.8 Å². The summed E-state index contributed by atoms with van der Waals surface area (Å²) in [5.74, 6) is -6.32. The minimum atomic E-state index is -1.65. The van der Waals surface area contributed by atoms with Crippen LogP contribution in [-0.2, 0) is 4.74 Å². The van der Waals surface area contributed by atoms with Crippen molar-refractivity contribution in [3.05, 3.63) is 23.5 Å². The Hall–Kier alpha value is -1.37. The quantitative estimate of drug-likeness (QED) is 0.645. The molecule has 94 valence electrons. The SMILES string of the molecule is Fc1nc(F)c(F)c(NC2CCOCC2)c1F. The summed E-state index contributed by atoms with van der Waals surface area (Å²) in [6.07, 6.45) is 1.04. The Morgan fingerprint density at radius 3 is 2.06 bits per heavy atom. The Kier molecular flexibility index (Phi) is 3.46. The van der Waals surface area contributed by atoms with Gasteiger partial charge in [-0.2, -0.15) is 22.5 Å². The van der Waals surface area contributed by atoms with Crippen molar-refractivity contribution in [2.24, 2.45) is 0 Å². The second-order valence-electron chi connectivity index (χ2n) is 3.73. The molecule has 0 aliphatic carbocycles. The van der Waals surface area contributed by atoms with Gasteiger partial charge in [-0.15, -0.1) is 0 Å². The smallest absolute Gasteiger partial charge is 0.253 e. The van der Waals surface area contributed by atoms with Crippen LogP contribution in [0.4, 0.5) is 23.2 Å². The van der Waals surface area contributed by atoms with Crippen molar-refractivity contribution in [3.8, 4) is 0 Å². The van der Waals surface area contributed by atoms with Gasteiger partial charge >= 0.3 is 0 Å². The molecule has 0 saturated carbocycles. The van der Waals surface area contributed by atoms with E-state index in [9.17, 15) is 17.6 Å². The van der Waals surface area contributed by atoms with Crippen molar-refractivity contribution in [2.45, 2.75) is 18.9 Å². The van der Waals surface area contributed by atoms with E-state index >= 15 is 0 Å². The van der Waals surface area contributed by atoms with Gasteiger partial charge in [0, 0.05) is 19.3 Å². The average Bonchev–Trinajstić information content (AvgIpc) is 2.33. The van der Waals surface area contributed by atoms with Crippen LogP contribution in [0.15, 0.2) is 0 Å². The molecule has 0 aromatic carbocycles. The number of hydrogen-bond acceptors (Lipinski definition) is 3. The summed E-state index contributed by atoms with van der Waals surface area (Å²) in [6.45, 7) is 0.883. The molecule has 3 nitrogen and oxygen atoms in total. The van der Waals surface area contributed by atoms with Gasteiger partial charge in [0.1, 0.15) is 5.69 Å². The highest BCUT2D eigenvalue weighted by atomic mass is 19.2. The minimum Gasteiger partial charge on any atom is -0.381 e. The minimum absolute atomic E-state index is 0.269. The van der Waals surface area contributed by atoms with Crippen LogP contribution in [-0.4, -0.2) is 24.2 Å². The van der Waals surface area contributed by atoms with E-state index in [1.165, 1.54) is 0 Å². The molecule has 0 amide bonds. The first-order chi connectivity index (χ1) is 8.09. The van der Waals surface area contributed by atoms with Crippen molar-refractivity contribution in [1.82, 2.24) is 4.98 Å². The number of pyridine rings is 1. The molecule has 0 bridgehead atoms. The molecule has 0 atom stereocenters. The average molecular weight is 250 g/mol. The number of anilines is 1. The summed E-state index contributed by atoms with van der Waals surface area (Å²) in [5.41, 5.74) is -0.804.